The smallest absolute Gasteiger partial charge is 0.164 e. The van der Waals surface area contributed by atoms with Gasteiger partial charge in [-0.2, -0.15) is 10.6 Å². The molecule has 1 atom stereocenters. The maximum Gasteiger partial charge on any atom is 0.164 e. The molecule has 3 heterocycles. The number of rotatable bonds is 4. The molecule has 1 saturated heterocycles. The van der Waals surface area contributed by atoms with E-state index >= 15 is 0 Å². The molecule has 10 heteroatoms. The van der Waals surface area contributed by atoms with Crippen LogP contribution in [0.5, 0.6) is 0 Å². The molecular weight excluding hydrogens is 334 g/mol. The fourth-order valence-electron chi connectivity index (χ4n) is 2.87. The third-order valence-electron chi connectivity index (χ3n) is 4.45. The minimum atomic E-state index is -0.353. The fourth-order valence-corrected chi connectivity index (χ4v) is 2.87. The first-order chi connectivity index (χ1) is 12.2. The standard InChI is InChI=1S/C16H25N9O/c1-16(2,3)15-20-13(24-6-5-10(26)8-24)11-7-19-25(14(11)21-15)9-12(17)23(4)22-18/h7,10,17-18,26H,5-6,8-9H2,1-4H3. The summed E-state index contributed by atoms with van der Waals surface area (Å²) in [7, 11) is 1.55. The van der Waals surface area contributed by atoms with E-state index in [2.05, 4.69) is 15.2 Å². The number of fused-ring (bicyclic) bond motifs is 1. The molecule has 1 aliphatic rings. The van der Waals surface area contributed by atoms with Gasteiger partial charge in [0.2, 0.25) is 0 Å². The molecule has 26 heavy (non-hydrogen) atoms. The minimum Gasteiger partial charge on any atom is -0.391 e. The molecule has 2 aromatic heterocycles. The lowest BCUT2D eigenvalue weighted by molar-refractivity contribution is 0.198. The number of nitrogens with zero attached hydrogens (tertiary/aromatic N) is 7. The third kappa shape index (κ3) is 3.36. The van der Waals surface area contributed by atoms with E-state index in [1.807, 2.05) is 20.8 Å². The summed E-state index contributed by atoms with van der Waals surface area (Å²) in [5.74, 6) is 1.60. The Balaban J connectivity index is 2.09. The zero-order valence-electron chi connectivity index (χ0n) is 15.6. The zero-order valence-corrected chi connectivity index (χ0v) is 15.6. The summed E-state index contributed by atoms with van der Waals surface area (Å²) in [6.07, 6.45) is 2.06. The quantitative estimate of drug-likeness (QED) is 0.328. The Bertz CT molecular complexity index is 838. The Labute approximate surface area is 151 Å². The van der Waals surface area contributed by atoms with Crippen LogP contribution in [0.15, 0.2) is 11.4 Å². The van der Waals surface area contributed by atoms with Crippen molar-refractivity contribution < 1.29 is 5.11 Å². The van der Waals surface area contributed by atoms with E-state index in [-0.39, 0.29) is 23.9 Å². The van der Waals surface area contributed by atoms with E-state index in [1.54, 1.807) is 17.9 Å². The van der Waals surface area contributed by atoms with Crippen LogP contribution in [0.4, 0.5) is 5.82 Å². The summed E-state index contributed by atoms with van der Waals surface area (Å²) in [4.78, 5) is 11.5. The number of nitrogens with one attached hydrogen (secondary N) is 2. The number of aliphatic hydroxyl groups excluding tert-OH is 1. The molecule has 3 N–H and O–H groups in total. The number of aromatic nitrogens is 4. The van der Waals surface area contributed by atoms with Gasteiger partial charge in [-0.25, -0.2) is 19.7 Å². The van der Waals surface area contributed by atoms with Crippen molar-refractivity contribution in [2.45, 2.75) is 45.3 Å². The largest absolute Gasteiger partial charge is 0.391 e. The Morgan fingerprint density at radius 3 is 2.73 bits per heavy atom. The van der Waals surface area contributed by atoms with Crippen LogP contribution in [0.3, 0.4) is 0 Å². The molecule has 0 spiro atoms. The van der Waals surface area contributed by atoms with Crippen LogP contribution in [0.1, 0.15) is 33.0 Å². The first-order valence-corrected chi connectivity index (χ1v) is 8.56. The molecule has 140 valence electrons. The molecule has 0 aliphatic carbocycles. The van der Waals surface area contributed by atoms with E-state index in [1.165, 1.54) is 5.01 Å². The number of aliphatic hydroxyl groups is 1. The van der Waals surface area contributed by atoms with E-state index < -0.39 is 0 Å². The van der Waals surface area contributed by atoms with Crippen molar-refractivity contribution in [2.75, 3.05) is 25.0 Å². The van der Waals surface area contributed by atoms with Crippen molar-refractivity contribution in [3.05, 3.63) is 12.0 Å². The lowest BCUT2D eigenvalue weighted by atomic mass is 9.95. The van der Waals surface area contributed by atoms with Gasteiger partial charge in [-0.15, -0.1) is 0 Å². The molecule has 1 unspecified atom stereocenters. The summed E-state index contributed by atoms with van der Waals surface area (Å²) in [6.45, 7) is 7.57. The summed E-state index contributed by atoms with van der Waals surface area (Å²) < 4.78 is 1.63. The van der Waals surface area contributed by atoms with Gasteiger partial charge in [0.05, 0.1) is 17.7 Å². The van der Waals surface area contributed by atoms with Crippen LogP contribution in [0, 0.1) is 10.9 Å². The van der Waals surface area contributed by atoms with Crippen LogP contribution in [0.2, 0.25) is 0 Å². The molecule has 0 aromatic carbocycles. The van der Waals surface area contributed by atoms with Gasteiger partial charge < -0.3 is 10.0 Å². The second-order valence-electron chi connectivity index (χ2n) is 7.62. The Kier molecular flexibility index (Phi) is 4.61. The van der Waals surface area contributed by atoms with Gasteiger partial charge in [-0.05, 0) is 6.42 Å². The van der Waals surface area contributed by atoms with Crippen molar-refractivity contribution in [3.8, 4) is 0 Å². The molecule has 1 fully saturated rings. The summed E-state index contributed by atoms with van der Waals surface area (Å²) in [6, 6.07) is 0. The predicted molar refractivity (Wildman–Crippen MR) is 97.5 cm³/mol. The molecule has 0 radical (unpaired) electrons. The van der Waals surface area contributed by atoms with Gasteiger partial charge >= 0.3 is 0 Å². The van der Waals surface area contributed by atoms with Crippen LogP contribution in [-0.4, -0.2) is 61.9 Å². The number of anilines is 1. The fraction of sp³-hybridized carbons (Fsp3) is 0.625. The Morgan fingerprint density at radius 2 is 2.15 bits per heavy atom. The van der Waals surface area contributed by atoms with Crippen molar-refractivity contribution in [2.24, 2.45) is 5.22 Å². The summed E-state index contributed by atoms with van der Waals surface area (Å²) >= 11 is 0. The van der Waals surface area contributed by atoms with Crippen LogP contribution < -0.4 is 4.90 Å². The van der Waals surface area contributed by atoms with Crippen molar-refractivity contribution in [1.82, 2.24) is 24.8 Å². The second kappa shape index (κ2) is 6.60. The third-order valence-corrected chi connectivity index (χ3v) is 4.45. The van der Waals surface area contributed by atoms with Crippen LogP contribution in [0.25, 0.3) is 11.0 Å². The number of hydrogen-bond acceptors (Lipinski definition) is 8. The highest BCUT2D eigenvalue weighted by Gasteiger charge is 2.28. The molecule has 3 rings (SSSR count). The first-order valence-electron chi connectivity index (χ1n) is 8.56. The number of likely N-dealkylation sites (N-methyl/N-ethyl adjacent to an activating group) is 1. The molecular formula is C16H25N9O. The topological polar surface area (TPSA) is 130 Å². The van der Waals surface area contributed by atoms with Crippen LogP contribution >= 0.6 is 0 Å². The predicted octanol–water partition coefficient (Wildman–Crippen LogP) is 1.55. The van der Waals surface area contributed by atoms with Gasteiger partial charge in [0.1, 0.15) is 24.0 Å². The zero-order chi connectivity index (χ0) is 19.1. The molecule has 0 saturated carbocycles. The summed E-state index contributed by atoms with van der Waals surface area (Å²) in [5.41, 5.74) is 7.43. The molecule has 10 nitrogen and oxygen atoms in total. The van der Waals surface area contributed by atoms with E-state index in [4.69, 9.17) is 20.9 Å². The van der Waals surface area contributed by atoms with Gasteiger partial charge in [0.15, 0.2) is 5.65 Å². The normalized spacial score (nSPS) is 17.7. The minimum absolute atomic E-state index is 0.138. The van der Waals surface area contributed by atoms with E-state index in [9.17, 15) is 5.11 Å². The monoisotopic (exact) mass is 359 g/mol. The molecule has 0 bridgehead atoms. The van der Waals surface area contributed by atoms with Crippen molar-refractivity contribution >= 4 is 22.7 Å². The highest BCUT2D eigenvalue weighted by atomic mass is 16.3. The average Bonchev–Trinajstić information content (AvgIpc) is 3.19. The summed E-state index contributed by atoms with van der Waals surface area (Å²) in [5, 5.41) is 27.5. The van der Waals surface area contributed by atoms with Gasteiger partial charge in [0.25, 0.3) is 0 Å². The highest BCUT2D eigenvalue weighted by molar-refractivity contribution is 5.88. The van der Waals surface area contributed by atoms with Gasteiger partial charge in [-0.3, -0.25) is 5.41 Å². The second-order valence-corrected chi connectivity index (χ2v) is 7.62. The Hall–Kier alpha value is -2.62. The van der Waals surface area contributed by atoms with Crippen molar-refractivity contribution in [1.29, 1.82) is 10.9 Å². The lowest BCUT2D eigenvalue weighted by Gasteiger charge is -2.22. The number of hydrogen-bond donors (Lipinski definition) is 3. The average molecular weight is 359 g/mol. The van der Waals surface area contributed by atoms with E-state index in [0.29, 0.717) is 24.4 Å². The van der Waals surface area contributed by atoms with Gasteiger partial charge in [0, 0.05) is 25.6 Å². The molecule has 1 aliphatic heterocycles. The Morgan fingerprint density at radius 1 is 1.42 bits per heavy atom. The first kappa shape index (κ1) is 18.2. The van der Waals surface area contributed by atoms with E-state index in [0.717, 1.165) is 17.7 Å². The molecule has 2 aromatic rings. The van der Waals surface area contributed by atoms with Gasteiger partial charge in [-0.1, -0.05) is 26.0 Å². The highest BCUT2D eigenvalue weighted by Crippen LogP contribution is 2.30. The van der Waals surface area contributed by atoms with Crippen LogP contribution in [-0.2, 0) is 12.0 Å². The maximum absolute atomic E-state index is 9.91. The number of β-amino-alcohol motifs (C(OH)–C–C–N with tert-alkyl or cyclic N) is 1. The molecule has 0 amide bonds. The van der Waals surface area contributed by atoms with Crippen molar-refractivity contribution in [3.63, 3.8) is 0 Å². The maximum atomic E-state index is 9.91. The number of amidine groups is 1. The SMILES string of the molecule is CN(N=N)C(=N)Cn1ncc2c(N3CCC(O)C3)nc(C(C)(C)C)nc21. The lowest BCUT2D eigenvalue weighted by Crippen LogP contribution is -2.27.